The number of benzene rings is 1. The van der Waals surface area contributed by atoms with Crippen LogP contribution in [0.5, 0.6) is 0 Å². The molecule has 0 unspecified atom stereocenters. The van der Waals surface area contributed by atoms with Gasteiger partial charge in [-0.2, -0.15) is 0 Å². The molecule has 16 heavy (non-hydrogen) atoms. The van der Waals surface area contributed by atoms with Gasteiger partial charge in [0.05, 0.1) is 6.10 Å². The fourth-order valence-electron chi connectivity index (χ4n) is 2.05. The third-order valence-electron chi connectivity index (χ3n) is 3.04. The molecule has 1 aromatic carbocycles. The predicted molar refractivity (Wildman–Crippen MR) is 65.6 cm³/mol. The van der Waals surface area contributed by atoms with Crippen LogP contribution in [0.2, 0.25) is 0 Å². The van der Waals surface area contributed by atoms with Crippen LogP contribution in [-0.4, -0.2) is 29.2 Å². The van der Waals surface area contributed by atoms with Crippen LogP contribution in [0.1, 0.15) is 17.5 Å². The molecule has 1 aliphatic heterocycles. The first-order chi connectivity index (χ1) is 7.70. The van der Waals surface area contributed by atoms with E-state index in [4.69, 9.17) is 5.73 Å². The number of hydrogen-bond acceptors (Lipinski definition) is 3. The highest BCUT2D eigenvalue weighted by Gasteiger charge is 2.21. The number of likely N-dealkylation sites (tertiary alicyclic amines) is 1. The summed E-state index contributed by atoms with van der Waals surface area (Å²) in [4.78, 5) is 2.13. The molecular formula is C13H18N2O. The number of hydrogen-bond donors (Lipinski definition) is 2. The molecule has 0 radical (unpaired) electrons. The fourth-order valence-corrected chi connectivity index (χ4v) is 2.05. The van der Waals surface area contributed by atoms with Gasteiger partial charge in [-0.05, 0) is 23.6 Å². The van der Waals surface area contributed by atoms with Gasteiger partial charge < -0.3 is 15.7 Å². The van der Waals surface area contributed by atoms with Crippen molar-refractivity contribution < 1.29 is 5.11 Å². The first-order valence-electron chi connectivity index (χ1n) is 5.62. The van der Waals surface area contributed by atoms with E-state index in [9.17, 15) is 5.11 Å². The molecule has 1 heterocycles. The zero-order valence-corrected chi connectivity index (χ0v) is 9.39. The van der Waals surface area contributed by atoms with Crippen LogP contribution in [0.4, 0.5) is 0 Å². The summed E-state index contributed by atoms with van der Waals surface area (Å²) in [7, 11) is 0. The highest BCUT2D eigenvalue weighted by molar-refractivity contribution is 5.62. The normalized spacial score (nSPS) is 20.1. The molecule has 3 heteroatoms. The van der Waals surface area contributed by atoms with E-state index in [0.717, 1.165) is 29.8 Å². The van der Waals surface area contributed by atoms with Gasteiger partial charge in [0.2, 0.25) is 0 Å². The summed E-state index contributed by atoms with van der Waals surface area (Å²) in [6.45, 7) is 6.20. The van der Waals surface area contributed by atoms with Crippen molar-refractivity contribution in [2.24, 2.45) is 5.73 Å². The summed E-state index contributed by atoms with van der Waals surface area (Å²) >= 11 is 0. The molecule has 3 nitrogen and oxygen atoms in total. The van der Waals surface area contributed by atoms with E-state index in [1.165, 1.54) is 0 Å². The van der Waals surface area contributed by atoms with E-state index in [0.29, 0.717) is 13.1 Å². The molecular weight excluding hydrogens is 200 g/mol. The molecule has 0 amide bonds. The number of aliphatic hydroxyl groups is 1. The average Bonchev–Trinajstić information content (AvgIpc) is 2.75. The molecule has 0 saturated carbocycles. The van der Waals surface area contributed by atoms with E-state index < -0.39 is 0 Å². The SMILES string of the molecule is C=C(c1cccc(CN)c1)N1CC[C@@H](O)C1. The minimum atomic E-state index is -0.213. The van der Waals surface area contributed by atoms with Crippen LogP contribution in [0.3, 0.4) is 0 Å². The third kappa shape index (κ3) is 2.26. The average molecular weight is 218 g/mol. The topological polar surface area (TPSA) is 49.5 Å². The molecule has 0 bridgehead atoms. The molecule has 1 aromatic rings. The van der Waals surface area contributed by atoms with Gasteiger partial charge in [0.25, 0.3) is 0 Å². The summed E-state index contributed by atoms with van der Waals surface area (Å²) in [5.74, 6) is 0. The number of nitrogens with zero attached hydrogens (tertiary/aromatic N) is 1. The number of β-amino-alcohol motifs (C(OH)–C–C–N with tert-alkyl or cyclic N) is 1. The third-order valence-corrected chi connectivity index (χ3v) is 3.04. The molecule has 0 aromatic heterocycles. The monoisotopic (exact) mass is 218 g/mol. The Hall–Kier alpha value is -1.32. The molecule has 2 rings (SSSR count). The molecule has 0 aliphatic carbocycles. The Labute approximate surface area is 96.2 Å². The number of rotatable bonds is 3. The molecule has 1 fully saturated rings. The van der Waals surface area contributed by atoms with E-state index in [-0.39, 0.29) is 6.10 Å². The van der Waals surface area contributed by atoms with Gasteiger partial charge in [0.15, 0.2) is 0 Å². The van der Waals surface area contributed by atoms with E-state index in [1.807, 2.05) is 18.2 Å². The van der Waals surface area contributed by atoms with Crippen molar-refractivity contribution >= 4 is 5.70 Å². The Morgan fingerprint density at radius 3 is 3.00 bits per heavy atom. The van der Waals surface area contributed by atoms with Crippen molar-refractivity contribution in [2.45, 2.75) is 19.1 Å². The molecule has 0 spiro atoms. The van der Waals surface area contributed by atoms with Crippen LogP contribution in [-0.2, 0) is 6.54 Å². The summed E-state index contributed by atoms with van der Waals surface area (Å²) in [5.41, 5.74) is 8.79. The van der Waals surface area contributed by atoms with Gasteiger partial charge in [0, 0.05) is 25.3 Å². The second kappa shape index (κ2) is 4.68. The zero-order chi connectivity index (χ0) is 11.5. The second-order valence-corrected chi connectivity index (χ2v) is 4.24. The van der Waals surface area contributed by atoms with Gasteiger partial charge in [-0.25, -0.2) is 0 Å². The Morgan fingerprint density at radius 1 is 1.56 bits per heavy atom. The van der Waals surface area contributed by atoms with Crippen LogP contribution in [0.15, 0.2) is 30.8 Å². The smallest absolute Gasteiger partial charge is 0.0731 e. The van der Waals surface area contributed by atoms with Crippen molar-refractivity contribution in [2.75, 3.05) is 13.1 Å². The highest BCUT2D eigenvalue weighted by Crippen LogP contribution is 2.23. The van der Waals surface area contributed by atoms with Crippen LogP contribution < -0.4 is 5.73 Å². The summed E-state index contributed by atoms with van der Waals surface area (Å²) in [5, 5.41) is 9.49. The largest absolute Gasteiger partial charge is 0.391 e. The molecule has 1 aliphatic rings. The molecule has 1 atom stereocenters. The number of aliphatic hydroxyl groups excluding tert-OH is 1. The minimum Gasteiger partial charge on any atom is -0.391 e. The quantitative estimate of drug-likeness (QED) is 0.801. The molecule has 3 N–H and O–H groups in total. The van der Waals surface area contributed by atoms with Gasteiger partial charge >= 0.3 is 0 Å². The highest BCUT2D eigenvalue weighted by atomic mass is 16.3. The van der Waals surface area contributed by atoms with Crippen molar-refractivity contribution in [1.82, 2.24) is 4.90 Å². The van der Waals surface area contributed by atoms with Crippen molar-refractivity contribution in [1.29, 1.82) is 0 Å². The summed E-state index contributed by atoms with van der Waals surface area (Å²) < 4.78 is 0. The van der Waals surface area contributed by atoms with Gasteiger partial charge in [-0.1, -0.05) is 24.8 Å². The maximum atomic E-state index is 9.49. The van der Waals surface area contributed by atoms with Crippen molar-refractivity contribution in [3.63, 3.8) is 0 Å². The van der Waals surface area contributed by atoms with Gasteiger partial charge in [-0.15, -0.1) is 0 Å². The second-order valence-electron chi connectivity index (χ2n) is 4.24. The lowest BCUT2D eigenvalue weighted by molar-refractivity contribution is 0.187. The first-order valence-corrected chi connectivity index (χ1v) is 5.62. The van der Waals surface area contributed by atoms with E-state index in [1.54, 1.807) is 0 Å². The van der Waals surface area contributed by atoms with Crippen LogP contribution in [0.25, 0.3) is 5.70 Å². The Balaban J connectivity index is 2.14. The van der Waals surface area contributed by atoms with Crippen molar-refractivity contribution in [3.05, 3.63) is 42.0 Å². The fraction of sp³-hybridized carbons (Fsp3) is 0.385. The van der Waals surface area contributed by atoms with E-state index >= 15 is 0 Å². The lowest BCUT2D eigenvalue weighted by atomic mass is 10.1. The lowest BCUT2D eigenvalue weighted by Gasteiger charge is -2.21. The Bertz CT molecular complexity index is 389. The van der Waals surface area contributed by atoms with Gasteiger partial charge in [0.1, 0.15) is 0 Å². The first kappa shape index (κ1) is 11.2. The standard InChI is InChI=1S/C13H18N2O/c1-10(15-6-5-13(16)9-15)12-4-2-3-11(7-12)8-14/h2-4,7,13,16H,1,5-6,8-9,14H2/t13-/m1/s1. The van der Waals surface area contributed by atoms with Crippen LogP contribution >= 0.6 is 0 Å². The number of nitrogens with two attached hydrogens (primary N) is 1. The maximum absolute atomic E-state index is 9.49. The zero-order valence-electron chi connectivity index (χ0n) is 9.39. The Morgan fingerprint density at radius 2 is 2.38 bits per heavy atom. The predicted octanol–water partition coefficient (Wildman–Crippen LogP) is 1.18. The molecule has 1 saturated heterocycles. The maximum Gasteiger partial charge on any atom is 0.0731 e. The molecule has 86 valence electrons. The van der Waals surface area contributed by atoms with Crippen LogP contribution in [0, 0.1) is 0 Å². The Kier molecular flexibility index (Phi) is 3.27. The van der Waals surface area contributed by atoms with Crippen molar-refractivity contribution in [3.8, 4) is 0 Å². The lowest BCUT2D eigenvalue weighted by Crippen LogP contribution is -2.20. The van der Waals surface area contributed by atoms with E-state index in [2.05, 4.69) is 17.5 Å². The van der Waals surface area contributed by atoms with Gasteiger partial charge in [-0.3, -0.25) is 0 Å². The summed E-state index contributed by atoms with van der Waals surface area (Å²) in [6, 6.07) is 8.10. The minimum absolute atomic E-state index is 0.213. The summed E-state index contributed by atoms with van der Waals surface area (Å²) in [6.07, 6.45) is 0.615.